The van der Waals surface area contributed by atoms with Crippen LogP contribution in [0.5, 0.6) is 5.75 Å². The highest BCUT2D eigenvalue weighted by Crippen LogP contribution is 2.27. The monoisotopic (exact) mass is 416 g/mol. The Morgan fingerprint density at radius 2 is 1.77 bits per heavy atom. The highest BCUT2D eigenvalue weighted by Gasteiger charge is 2.18. The third-order valence-electron chi connectivity index (χ3n) is 3.82. The van der Waals surface area contributed by atoms with Gasteiger partial charge in [0.05, 0.1) is 6.61 Å². The van der Waals surface area contributed by atoms with Crippen molar-refractivity contribution in [3.05, 3.63) is 63.8 Å². The summed E-state index contributed by atoms with van der Waals surface area (Å²) in [5.41, 5.74) is 6.47. The first kappa shape index (κ1) is 18.0. The number of hydrogen-bond acceptors (Lipinski definition) is 4. The van der Waals surface area contributed by atoms with E-state index in [-0.39, 0.29) is 5.76 Å². The lowest BCUT2D eigenvalue weighted by atomic mass is 10.1. The fraction of sp³-hybridized carbons (Fsp3) is 0.158. The van der Waals surface area contributed by atoms with E-state index in [1.54, 1.807) is 37.3 Å². The molecule has 2 N–H and O–H groups in total. The molecule has 1 heterocycles. The fourth-order valence-electron chi connectivity index (χ4n) is 2.52. The number of furan rings is 1. The molecule has 2 aromatic carbocycles. The van der Waals surface area contributed by atoms with Gasteiger partial charge in [-0.25, -0.2) is 0 Å². The second-order valence-electron chi connectivity index (χ2n) is 5.56. The number of aryl methyl sites for hydroxylation is 1. The molecule has 0 radical (unpaired) electrons. The Labute approximate surface area is 158 Å². The molecule has 3 aromatic rings. The van der Waals surface area contributed by atoms with Gasteiger partial charge >= 0.3 is 5.91 Å². The van der Waals surface area contributed by atoms with Crippen LogP contribution in [0.15, 0.2) is 51.4 Å². The quantitative estimate of drug-likeness (QED) is 0.630. The van der Waals surface area contributed by atoms with Gasteiger partial charge in [0.25, 0.3) is 5.91 Å². The molecule has 0 atom stereocenters. The van der Waals surface area contributed by atoms with Gasteiger partial charge in [-0.15, -0.1) is 0 Å². The van der Waals surface area contributed by atoms with Crippen molar-refractivity contribution < 1.29 is 18.7 Å². The smallest absolute Gasteiger partial charge is 0.305 e. The van der Waals surface area contributed by atoms with Crippen molar-refractivity contribution in [2.45, 2.75) is 13.8 Å². The molecule has 134 valence electrons. The molecule has 7 heteroatoms. The van der Waals surface area contributed by atoms with Crippen LogP contribution in [0.2, 0.25) is 0 Å². The van der Waals surface area contributed by atoms with E-state index < -0.39 is 11.8 Å². The van der Waals surface area contributed by atoms with Gasteiger partial charge in [0.2, 0.25) is 0 Å². The number of hydrazine groups is 1. The summed E-state index contributed by atoms with van der Waals surface area (Å²) < 4.78 is 11.8. The highest BCUT2D eigenvalue weighted by atomic mass is 79.9. The van der Waals surface area contributed by atoms with Crippen LogP contribution < -0.4 is 15.6 Å². The lowest BCUT2D eigenvalue weighted by molar-refractivity contribution is 0.0831. The van der Waals surface area contributed by atoms with Crippen molar-refractivity contribution in [1.29, 1.82) is 0 Å². The fourth-order valence-corrected chi connectivity index (χ4v) is 2.88. The average molecular weight is 417 g/mol. The minimum atomic E-state index is -0.519. The first-order valence-corrected chi connectivity index (χ1v) is 8.81. The van der Waals surface area contributed by atoms with Crippen molar-refractivity contribution >= 4 is 38.7 Å². The second-order valence-corrected chi connectivity index (χ2v) is 6.48. The zero-order valence-corrected chi connectivity index (χ0v) is 15.8. The summed E-state index contributed by atoms with van der Waals surface area (Å²) >= 11 is 3.40. The third kappa shape index (κ3) is 3.72. The molecule has 26 heavy (non-hydrogen) atoms. The summed E-state index contributed by atoms with van der Waals surface area (Å²) in [4.78, 5) is 24.5. The first-order valence-electron chi connectivity index (χ1n) is 8.01. The predicted molar refractivity (Wildman–Crippen MR) is 101 cm³/mol. The maximum Gasteiger partial charge on any atom is 0.305 e. The Morgan fingerprint density at radius 3 is 2.46 bits per heavy atom. The van der Waals surface area contributed by atoms with Crippen molar-refractivity contribution in [1.82, 2.24) is 10.9 Å². The number of amides is 2. The van der Waals surface area contributed by atoms with Crippen molar-refractivity contribution in [3.8, 4) is 5.75 Å². The summed E-state index contributed by atoms with van der Waals surface area (Å²) in [7, 11) is 0. The van der Waals surface area contributed by atoms with Gasteiger partial charge in [0.1, 0.15) is 11.3 Å². The molecule has 0 aliphatic heterocycles. The standard InChI is InChI=1S/C19H17BrN2O4/c1-3-25-14-7-4-12(5-8-14)18(23)21-22-19(24)17-11(2)15-10-13(20)6-9-16(15)26-17/h4-10H,3H2,1-2H3,(H,21,23)(H,22,24). The van der Waals surface area contributed by atoms with E-state index in [0.717, 1.165) is 9.86 Å². The Morgan fingerprint density at radius 1 is 1.08 bits per heavy atom. The van der Waals surface area contributed by atoms with Crippen molar-refractivity contribution in [2.75, 3.05) is 6.61 Å². The van der Waals surface area contributed by atoms with E-state index in [1.165, 1.54) is 0 Å². The number of benzene rings is 2. The topological polar surface area (TPSA) is 80.6 Å². The third-order valence-corrected chi connectivity index (χ3v) is 4.31. The van der Waals surface area contributed by atoms with Gasteiger partial charge in [-0.3, -0.25) is 20.4 Å². The van der Waals surface area contributed by atoms with Gasteiger partial charge < -0.3 is 9.15 Å². The Bertz CT molecular complexity index is 964. The largest absolute Gasteiger partial charge is 0.494 e. The molecule has 0 aliphatic rings. The normalized spacial score (nSPS) is 10.6. The molecule has 0 spiro atoms. The summed E-state index contributed by atoms with van der Waals surface area (Å²) in [5.74, 6) is -0.116. The zero-order chi connectivity index (χ0) is 18.7. The number of halogens is 1. The van der Waals surface area contributed by atoms with Gasteiger partial charge in [-0.05, 0) is 56.3 Å². The van der Waals surface area contributed by atoms with Crippen LogP contribution in [0, 0.1) is 6.92 Å². The maximum absolute atomic E-state index is 12.3. The van der Waals surface area contributed by atoms with Crippen LogP contribution in [-0.2, 0) is 0 Å². The Kier molecular flexibility index (Phi) is 5.27. The molecule has 0 fully saturated rings. The van der Waals surface area contributed by atoms with E-state index in [0.29, 0.717) is 29.1 Å². The number of rotatable bonds is 4. The summed E-state index contributed by atoms with van der Waals surface area (Å²) in [5, 5.41) is 0.836. The zero-order valence-electron chi connectivity index (χ0n) is 14.3. The van der Waals surface area contributed by atoms with Crippen molar-refractivity contribution in [2.24, 2.45) is 0 Å². The maximum atomic E-state index is 12.3. The minimum Gasteiger partial charge on any atom is -0.494 e. The van der Waals surface area contributed by atoms with Crippen LogP contribution in [0.4, 0.5) is 0 Å². The van der Waals surface area contributed by atoms with Gasteiger partial charge in [-0.1, -0.05) is 15.9 Å². The molecule has 2 amide bonds. The van der Waals surface area contributed by atoms with E-state index in [1.807, 2.05) is 19.1 Å². The number of hydrogen-bond donors (Lipinski definition) is 2. The molecule has 3 rings (SSSR count). The number of carbonyl (C=O) groups excluding carboxylic acids is 2. The molecule has 1 aromatic heterocycles. The number of fused-ring (bicyclic) bond motifs is 1. The molecular formula is C19H17BrN2O4. The summed E-state index contributed by atoms with van der Waals surface area (Å²) in [6.45, 7) is 4.23. The van der Waals surface area contributed by atoms with E-state index in [2.05, 4.69) is 26.8 Å². The number of ether oxygens (including phenoxy) is 1. The lowest BCUT2D eigenvalue weighted by Gasteiger charge is -2.07. The molecule has 0 aliphatic carbocycles. The van der Waals surface area contributed by atoms with E-state index >= 15 is 0 Å². The SMILES string of the molecule is CCOc1ccc(C(=O)NNC(=O)c2oc3ccc(Br)cc3c2C)cc1. The molecule has 0 saturated carbocycles. The second kappa shape index (κ2) is 7.61. The molecule has 0 bridgehead atoms. The van der Waals surface area contributed by atoms with Crippen molar-refractivity contribution in [3.63, 3.8) is 0 Å². The van der Waals surface area contributed by atoms with Gasteiger partial charge in [0.15, 0.2) is 5.76 Å². The Hall–Kier alpha value is -2.80. The van der Waals surface area contributed by atoms with Crippen LogP contribution >= 0.6 is 15.9 Å². The van der Waals surface area contributed by atoms with Gasteiger partial charge in [0, 0.05) is 21.0 Å². The van der Waals surface area contributed by atoms with E-state index in [4.69, 9.17) is 9.15 Å². The summed E-state index contributed by atoms with van der Waals surface area (Å²) in [6, 6.07) is 12.1. The molecule has 6 nitrogen and oxygen atoms in total. The van der Waals surface area contributed by atoms with Crippen LogP contribution in [0.3, 0.4) is 0 Å². The molecule has 0 saturated heterocycles. The van der Waals surface area contributed by atoms with Crippen LogP contribution in [0.25, 0.3) is 11.0 Å². The first-order chi connectivity index (χ1) is 12.5. The number of nitrogens with one attached hydrogen (secondary N) is 2. The lowest BCUT2D eigenvalue weighted by Crippen LogP contribution is -2.41. The highest BCUT2D eigenvalue weighted by molar-refractivity contribution is 9.10. The minimum absolute atomic E-state index is 0.157. The van der Waals surface area contributed by atoms with E-state index in [9.17, 15) is 9.59 Å². The van der Waals surface area contributed by atoms with Crippen LogP contribution in [0.1, 0.15) is 33.4 Å². The number of carbonyl (C=O) groups is 2. The predicted octanol–water partition coefficient (Wildman–Crippen LogP) is 3.98. The molecular weight excluding hydrogens is 400 g/mol. The Balaban J connectivity index is 1.68. The molecule has 0 unspecified atom stereocenters. The van der Waals surface area contributed by atoms with Crippen LogP contribution in [-0.4, -0.2) is 18.4 Å². The van der Waals surface area contributed by atoms with Gasteiger partial charge in [-0.2, -0.15) is 0 Å². The average Bonchev–Trinajstić information content (AvgIpc) is 2.97. The summed E-state index contributed by atoms with van der Waals surface area (Å²) in [6.07, 6.45) is 0.